The summed E-state index contributed by atoms with van der Waals surface area (Å²) in [6.45, 7) is 9.40. The average Bonchev–Trinajstić information content (AvgIpc) is 2.59. The molecule has 1 aliphatic heterocycles. The average molecular weight is 227 g/mol. The maximum Gasteiger partial charge on any atom is 0.0612 e. The normalized spacial score (nSPS) is 35.1. The van der Waals surface area contributed by atoms with Crippen molar-refractivity contribution in [1.29, 1.82) is 0 Å². The predicted octanol–water partition coefficient (Wildman–Crippen LogP) is 1.96. The summed E-state index contributed by atoms with van der Waals surface area (Å²) in [5, 5.41) is 3.62. The maximum absolute atomic E-state index is 5.91. The Morgan fingerprint density at radius 1 is 1.31 bits per heavy atom. The van der Waals surface area contributed by atoms with Crippen LogP contribution in [0, 0.1) is 5.92 Å². The predicted molar refractivity (Wildman–Crippen MR) is 64.6 cm³/mol. The highest BCUT2D eigenvalue weighted by Crippen LogP contribution is 2.28. The van der Waals surface area contributed by atoms with E-state index in [1.807, 2.05) is 0 Å². The van der Waals surface area contributed by atoms with Crippen LogP contribution in [-0.4, -0.2) is 37.5 Å². The molecule has 0 aromatic rings. The van der Waals surface area contributed by atoms with Crippen LogP contribution in [0.1, 0.15) is 40.0 Å². The molecule has 3 nitrogen and oxygen atoms in total. The van der Waals surface area contributed by atoms with Gasteiger partial charge in [-0.15, -0.1) is 0 Å². The van der Waals surface area contributed by atoms with Crippen molar-refractivity contribution in [2.24, 2.45) is 5.92 Å². The van der Waals surface area contributed by atoms with Gasteiger partial charge in [0.15, 0.2) is 0 Å². The van der Waals surface area contributed by atoms with Gasteiger partial charge in [0.1, 0.15) is 0 Å². The van der Waals surface area contributed by atoms with Crippen LogP contribution in [0.3, 0.4) is 0 Å². The molecule has 1 unspecified atom stereocenters. The molecule has 0 radical (unpaired) electrons. The monoisotopic (exact) mass is 227 g/mol. The van der Waals surface area contributed by atoms with Gasteiger partial charge in [0.05, 0.1) is 18.3 Å². The van der Waals surface area contributed by atoms with Gasteiger partial charge >= 0.3 is 0 Å². The summed E-state index contributed by atoms with van der Waals surface area (Å²) < 4.78 is 11.3. The SMILES string of the molecule is CC(C)(C)OC1CC(NCC2CCOC2)C1. The van der Waals surface area contributed by atoms with Crippen LogP contribution in [-0.2, 0) is 9.47 Å². The van der Waals surface area contributed by atoms with Crippen LogP contribution in [0.4, 0.5) is 0 Å². The van der Waals surface area contributed by atoms with Gasteiger partial charge in [0, 0.05) is 19.2 Å². The Kier molecular flexibility index (Phi) is 3.88. The Bertz CT molecular complexity index is 212. The fourth-order valence-corrected chi connectivity index (χ4v) is 2.41. The molecule has 2 aliphatic rings. The molecule has 1 saturated carbocycles. The van der Waals surface area contributed by atoms with Gasteiger partial charge in [-0.2, -0.15) is 0 Å². The summed E-state index contributed by atoms with van der Waals surface area (Å²) in [6.07, 6.45) is 4.04. The van der Waals surface area contributed by atoms with Gasteiger partial charge in [0.2, 0.25) is 0 Å². The standard InChI is InChI=1S/C13H25NO2/c1-13(2,3)16-12-6-11(7-12)14-8-10-4-5-15-9-10/h10-12,14H,4-9H2,1-3H3. The van der Waals surface area contributed by atoms with Gasteiger partial charge < -0.3 is 14.8 Å². The van der Waals surface area contributed by atoms with Gasteiger partial charge in [0.25, 0.3) is 0 Å². The second-order valence-corrected chi connectivity index (χ2v) is 6.16. The van der Waals surface area contributed by atoms with Gasteiger partial charge in [-0.1, -0.05) is 0 Å². The molecule has 0 aromatic heterocycles. The van der Waals surface area contributed by atoms with E-state index < -0.39 is 0 Å². The van der Waals surface area contributed by atoms with Gasteiger partial charge in [-0.25, -0.2) is 0 Å². The minimum atomic E-state index is 0.00886. The van der Waals surface area contributed by atoms with Gasteiger partial charge in [-0.3, -0.25) is 0 Å². The number of nitrogens with one attached hydrogen (secondary N) is 1. The number of ether oxygens (including phenoxy) is 2. The van der Waals surface area contributed by atoms with Crippen molar-refractivity contribution >= 4 is 0 Å². The molecule has 1 N–H and O–H groups in total. The quantitative estimate of drug-likeness (QED) is 0.796. The minimum absolute atomic E-state index is 0.00886. The Morgan fingerprint density at radius 2 is 2.06 bits per heavy atom. The van der Waals surface area contributed by atoms with E-state index in [9.17, 15) is 0 Å². The number of rotatable bonds is 4. The third-order valence-corrected chi connectivity index (χ3v) is 3.33. The highest BCUT2D eigenvalue weighted by molar-refractivity contribution is 4.88. The molecular formula is C13H25NO2. The molecule has 1 saturated heterocycles. The molecule has 0 amide bonds. The topological polar surface area (TPSA) is 30.5 Å². The van der Waals surface area contributed by atoms with E-state index in [0.29, 0.717) is 12.1 Å². The zero-order valence-corrected chi connectivity index (χ0v) is 10.8. The van der Waals surface area contributed by atoms with Crippen molar-refractivity contribution in [3.8, 4) is 0 Å². The lowest BCUT2D eigenvalue weighted by Crippen LogP contribution is -2.48. The molecule has 94 valence electrons. The molecular weight excluding hydrogens is 202 g/mol. The Hall–Kier alpha value is -0.120. The van der Waals surface area contributed by atoms with Crippen molar-refractivity contribution < 1.29 is 9.47 Å². The Balaban J connectivity index is 1.55. The highest BCUT2D eigenvalue weighted by Gasteiger charge is 2.33. The fourth-order valence-electron chi connectivity index (χ4n) is 2.41. The lowest BCUT2D eigenvalue weighted by Gasteiger charge is -2.40. The molecule has 16 heavy (non-hydrogen) atoms. The fraction of sp³-hybridized carbons (Fsp3) is 1.00. The van der Waals surface area contributed by atoms with Crippen LogP contribution < -0.4 is 5.32 Å². The van der Waals surface area contributed by atoms with E-state index in [0.717, 1.165) is 25.7 Å². The second kappa shape index (κ2) is 5.03. The van der Waals surface area contributed by atoms with Crippen molar-refractivity contribution in [1.82, 2.24) is 5.32 Å². The zero-order chi connectivity index (χ0) is 11.6. The third kappa shape index (κ3) is 3.72. The number of hydrogen-bond acceptors (Lipinski definition) is 3. The molecule has 3 heteroatoms. The summed E-state index contributed by atoms with van der Waals surface area (Å²) in [6, 6.07) is 0.674. The maximum atomic E-state index is 5.91. The van der Waals surface area contributed by atoms with E-state index in [-0.39, 0.29) is 5.60 Å². The lowest BCUT2D eigenvalue weighted by atomic mass is 9.88. The second-order valence-electron chi connectivity index (χ2n) is 6.16. The summed E-state index contributed by atoms with van der Waals surface area (Å²) in [4.78, 5) is 0. The van der Waals surface area contributed by atoms with E-state index in [2.05, 4.69) is 26.1 Å². The number of hydrogen-bond donors (Lipinski definition) is 1. The molecule has 0 spiro atoms. The Morgan fingerprint density at radius 3 is 2.62 bits per heavy atom. The first-order valence-corrected chi connectivity index (χ1v) is 6.52. The van der Waals surface area contributed by atoms with E-state index >= 15 is 0 Å². The lowest BCUT2D eigenvalue weighted by molar-refractivity contribution is -0.102. The Labute approximate surface area is 98.9 Å². The molecule has 1 heterocycles. The first-order chi connectivity index (χ1) is 7.53. The van der Waals surface area contributed by atoms with Crippen molar-refractivity contribution in [2.75, 3.05) is 19.8 Å². The molecule has 1 atom stereocenters. The van der Waals surface area contributed by atoms with Crippen LogP contribution in [0.25, 0.3) is 0 Å². The molecule has 1 aliphatic carbocycles. The molecule has 0 bridgehead atoms. The summed E-state index contributed by atoms with van der Waals surface area (Å²) in [7, 11) is 0. The first-order valence-electron chi connectivity index (χ1n) is 6.52. The third-order valence-electron chi connectivity index (χ3n) is 3.33. The van der Waals surface area contributed by atoms with Crippen LogP contribution in [0.2, 0.25) is 0 Å². The van der Waals surface area contributed by atoms with Crippen molar-refractivity contribution in [3.05, 3.63) is 0 Å². The van der Waals surface area contributed by atoms with E-state index in [1.54, 1.807) is 0 Å². The minimum Gasteiger partial charge on any atom is -0.381 e. The van der Waals surface area contributed by atoms with Crippen LogP contribution in [0.15, 0.2) is 0 Å². The first kappa shape index (κ1) is 12.3. The highest BCUT2D eigenvalue weighted by atomic mass is 16.5. The largest absolute Gasteiger partial charge is 0.381 e. The van der Waals surface area contributed by atoms with E-state index in [4.69, 9.17) is 9.47 Å². The molecule has 2 fully saturated rings. The smallest absolute Gasteiger partial charge is 0.0612 e. The van der Waals surface area contributed by atoms with Crippen molar-refractivity contribution in [2.45, 2.75) is 57.8 Å². The summed E-state index contributed by atoms with van der Waals surface area (Å²) in [5.41, 5.74) is 0.00886. The summed E-state index contributed by atoms with van der Waals surface area (Å²) in [5.74, 6) is 0.739. The van der Waals surface area contributed by atoms with Gasteiger partial charge in [-0.05, 0) is 46.0 Å². The van der Waals surface area contributed by atoms with Crippen LogP contribution in [0.5, 0.6) is 0 Å². The molecule has 2 rings (SSSR count). The molecule has 0 aromatic carbocycles. The van der Waals surface area contributed by atoms with Crippen LogP contribution >= 0.6 is 0 Å². The zero-order valence-electron chi connectivity index (χ0n) is 10.8. The van der Waals surface area contributed by atoms with Crippen molar-refractivity contribution in [3.63, 3.8) is 0 Å². The summed E-state index contributed by atoms with van der Waals surface area (Å²) >= 11 is 0. The van der Waals surface area contributed by atoms with E-state index in [1.165, 1.54) is 19.3 Å².